The Labute approximate surface area is 143 Å². The topological polar surface area (TPSA) is 30.5 Å². The average Bonchev–Trinajstić information content (AvgIpc) is 2.56. The van der Waals surface area contributed by atoms with Gasteiger partial charge < -0.3 is 10.6 Å². The van der Waals surface area contributed by atoms with Crippen molar-refractivity contribution < 1.29 is 0 Å². The van der Waals surface area contributed by atoms with Gasteiger partial charge in [0.05, 0.1) is 0 Å². The van der Waals surface area contributed by atoms with E-state index in [0.717, 1.165) is 58.8 Å². The van der Waals surface area contributed by atoms with Crippen LogP contribution in [0.25, 0.3) is 0 Å². The summed E-state index contributed by atoms with van der Waals surface area (Å²) in [4.78, 5) is 5.36. The lowest BCUT2D eigenvalue weighted by Gasteiger charge is -2.52. The zero-order valence-electron chi connectivity index (χ0n) is 16.3. The first-order valence-corrected chi connectivity index (χ1v) is 9.44. The van der Waals surface area contributed by atoms with Gasteiger partial charge in [0.15, 0.2) is 0 Å². The van der Waals surface area contributed by atoms with Crippen molar-refractivity contribution in [1.82, 2.24) is 20.4 Å². The third kappa shape index (κ3) is 3.98. The summed E-state index contributed by atoms with van der Waals surface area (Å²) in [5.74, 6) is 0. The van der Waals surface area contributed by atoms with Gasteiger partial charge in [0.1, 0.15) is 0 Å². The van der Waals surface area contributed by atoms with Crippen molar-refractivity contribution in [2.24, 2.45) is 0 Å². The number of nitrogens with zero attached hydrogens (tertiary/aromatic N) is 2. The minimum Gasteiger partial charge on any atom is -0.314 e. The Morgan fingerprint density at radius 2 is 1.13 bits per heavy atom. The molecule has 0 unspecified atom stereocenters. The predicted octanol–water partition coefficient (Wildman–Crippen LogP) is 2.08. The standard InChI is InChI=1S/C19H38N4/c1-7-16(2)17(18(3,4)22-12-8-20-9-13-22)19(5,6)23-14-10-21-11-15-23/h20-21H,7-15H2,1-6H3. The maximum absolute atomic E-state index is 3.49. The van der Waals surface area contributed by atoms with Crippen molar-refractivity contribution in [3.05, 3.63) is 11.1 Å². The van der Waals surface area contributed by atoms with Crippen LogP contribution in [0.5, 0.6) is 0 Å². The fourth-order valence-corrected chi connectivity index (χ4v) is 4.73. The van der Waals surface area contributed by atoms with E-state index in [1.165, 1.54) is 0 Å². The van der Waals surface area contributed by atoms with Crippen molar-refractivity contribution >= 4 is 0 Å². The summed E-state index contributed by atoms with van der Waals surface area (Å²) < 4.78 is 0. The van der Waals surface area contributed by atoms with Crippen LogP contribution in [-0.4, -0.2) is 73.2 Å². The molecule has 134 valence electrons. The number of rotatable bonds is 5. The third-order valence-corrected chi connectivity index (χ3v) is 6.00. The molecule has 0 aromatic heterocycles. The number of nitrogens with one attached hydrogen (secondary N) is 2. The Morgan fingerprint density at radius 1 is 0.783 bits per heavy atom. The highest BCUT2D eigenvalue weighted by atomic mass is 15.3. The normalized spacial score (nSPS) is 22.2. The molecule has 2 aliphatic heterocycles. The van der Waals surface area contributed by atoms with Crippen LogP contribution in [0.15, 0.2) is 11.1 Å². The SMILES string of the molecule is CCC(C)=C(C(C)(C)N1CCNCC1)C(C)(C)N1CCNCC1. The Balaban J connectivity index is 2.36. The van der Waals surface area contributed by atoms with Crippen LogP contribution in [0.2, 0.25) is 0 Å². The highest BCUT2D eigenvalue weighted by molar-refractivity contribution is 5.34. The smallest absolute Gasteiger partial charge is 0.0385 e. The van der Waals surface area contributed by atoms with E-state index in [-0.39, 0.29) is 11.1 Å². The zero-order chi connectivity index (χ0) is 17.1. The average molecular weight is 323 g/mol. The highest BCUT2D eigenvalue weighted by Gasteiger charge is 2.43. The molecular weight excluding hydrogens is 284 g/mol. The molecule has 4 nitrogen and oxygen atoms in total. The van der Waals surface area contributed by atoms with Crippen LogP contribution in [0.1, 0.15) is 48.0 Å². The fraction of sp³-hybridized carbons (Fsp3) is 0.895. The minimum absolute atomic E-state index is 0.108. The van der Waals surface area contributed by atoms with Crippen molar-refractivity contribution in [1.29, 1.82) is 0 Å². The van der Waals surface area contributed by atoms with E-state index in [0.29, 0.717) is 0 Å². The molecule has 0 atom stereocenters. The molecule has 0 saturated carbocycles. The van der Waals surface area contributed by atoms with Crippen LogP contribution < -0.4 is 10.6 Å². The van der Waals surface area contributed by atoms with Gasteiger partial charge in [-0.15, -0.1) is 0 Å². The van der Waals surface area contributed by atoms with Gasteiger partial charge in [0.25, 0.3) is 0 Å². The summed E-state index contributed by atoms with van der Waals surface area (Å²) in [6.45, 7) is 23.4. The summed E-state index contributed by atoms with van der Waals surface area (Å²) in [5.41, 5.74) is 3.42. The van der Waals surface area contributed by atoms with Gasteiger partial charge in [-0.2, -0.15) is 0 Å². The molecule has 0 bridgehead atoms. The molecule has 2 N–H and O–H groups in total. The first kappa shape index (κ1) is 18.9. The zero-order valence-corrected chi connectivity index (χ0v) is 16.3. The lowest BCUT2D eigenvalue weighted by Crippen LogP contribution is -2.62. The molecule has 2 saturated heterocycles. The van der Waals surface area contributed by atoms with Crippen LogP contribution in [0.3, 0.4) is 0 Å². The summed E-state index contributed by atoms with van der Waals surface area (Å²) in [6.07, 6.45) is 1.14. The second-order valence-corrected chi connectivity index (χ2v) is 8.10. The third-order valence-electron chi connectivity index (χ3n) is 6.00. The first-order valence-electron chi connectivity index (χ1n) is 9.44. The van der Waals surface area contributed by atoms with Crippen molar-refractivity contribution in [3.8, 4) is 0 Å². The van der Waals surface area contributed by atoms with E-state index < -0.39 is 0 Å². The monoisotopic (exact) mass is 322 g/mol. The van der Waals surface area contributed by atoms with E-state index in [1.807, 2.05) is 0 Å². The number of hydrogen-bond acceptors (Lipinski definition) is 4. The van der Waals surface area contributed by atoms with Crippen LogP contribution in [0.4, 0.5) is 0 Å². The first-order chi connectivity index (χ1) is 10.8. The molecule has 0 aromatic carbocycles. The molecule has 2 aliphatic rings. The summed E-state index contributed by atoms with van der Waals surface area (Å²) in [5, 5.41) is 6.99. The molecule has 0 amide bonds. The van der Waals surface area contributed by atoms with E-state index in [9.17, 15) is 0 Å². The van der Waals surface area contributed by atoms with E-state index >= 15 is 0 Å². The quantitative estimate of drug-likeness (QED) is 0.759. The minimum atomic E-state index is 0.108. The molecule has 0 radical (unpaired) electrons. The Morgan fingerprint density at radius 3 is 1.43 bits per heavy atom. The van der Waals surface area contributed by atoms with Crippen LogP contribution in [0, 0.1) is 0 Å². The largest absolute Gasteiger partial charge is 0.314 e. The van der Waals surface area contributed by atoms with Gasteiger partial charge in [0, 0.05) is 63.4 Å². The lowest BCUT2D eigenvalue weighted by atomic mass is 9.74. The number of allylic oxidation sites excluding steroid dienone is 1. The van der Waals surface area contributed by atoms with Crippen molar-refractivity contribution in [2.75, 3.05) is 52.4 Å². The van der Waals surface area contributed by atoms with Gasteiger partial charge in [-0.05, 0) is 46.6 Å². The van der Waals surface area contributed by atoms with E-state index in [2.05, 4.69) is 62.0 Å². The Bertz CT molecular complexity index is 381. The highest BCUT2D eigenvalue weighted by Crippen LogP contribution is 2.39. The molecule has 2 rings (SSSR count). The molecule has 2 fully saturated rings. The maximum Gasteiger partial charge on any atom is 0.0385 e. The fourth-order valence-electron chi connectivity index (χ4n) is 4.73. The van der Waals surface area contributed by atoms with Gasteiger partial charge in [-0.3, -0.25) is 9.80 Å². The summed E-state index contributed by atoms with van der Waals surface area (Å²) in [6, 6.07) is 0. The second-order valence-electron chi connectivity index (χ2n) is 8.10. The van der Waals surface area contributed by atoms with E-state index in [1.54, 1.807) is 11.1 Å². The molecule has 2 heterocycles. The second kappa shape index (κ2) is 7.64. The van der Waals surface area contributed by atoms with Gasteiger partial charge >= 0.3 is 0 Å². The molecule has 23 heavy (non-hydrogen) atoms. The Hall–Kier alpha value is -0.420. The number of piperazine rings is 2. The maximum atomic E-state index is 3.49. The summed E-state index contributed by atoms with van der Waals surface area (Å²) in [7, 11) is 0. The van der Waals surface area contributed by atoms with E-state index in [4.69, 9.17) is 0 Å². The van der Waals surface area contributed by atoms with Crippen LogP contribution >= 0.6 is 0 Å². The molecule has 4 heteroatoms. The van der Waals surface area contributed by atoms with Crippen molar-refractivity contribution in [3.63, 3.8) is 0 Å². The molecule has 0 aliphatic carbocycles. The summed E-state index contributed by atoms with van der Waals surface area (Å²) >= 11 is 0. The lowest BCUT2D eigenvalue weighted by molar-refractivity contribution is 0.0720. The number of hydrogen-bond donors (Lipinski definition) is 2. The Kier molecular flexibility index (Phi) is 6.28. The van der Waals surface area contributed by atoms with Gasteiger partial charge in [-0.25, -0.2) is 0 Å². The van der Waals surface area contributed by atoms with Crippen LogP contribution in [-0.2, 0) is 0 Å². The van der Waals surface area contributed by atoms with Gasteiger partial charge in [-0.1, -0.05) is 12.5 Å². The molecular formula is C19H38N4. The predicted molar refractivity (Wildman–Crippen MR) is 100 cm³/mol. The molecule has 0 aromatic rings. The van der Waals surface area contributed by atoms with Gasteiger partial charge in [0.2, 0.25) is 0 Å². The molecule has 0 spiro atoms. The van der Waals surface area contributed by atoms with Crippen molar-refractivity contribution in [2.45, 2.75) is 59.0 Å².